The van der Waals surface area contributed by atoms with Gasteiger partial charge in [0, 0.05) is 9.52 Å². The number of fused-ring (bicyclic) bond motifs is 2. The molecule has 0 atom stereocenters. The van der Waals surface area contributed by atoms with Crippen LogP contribution in [0, 0.1) is 6.92 Å². The van der Waals surface area contributed by atoms with Crippen molar-refractivity contribution < 1.29 is 26.2 Å². The van der Waals surface area contributed by atoms with E-state index in [4.69, 9.17) is 0 Å². The molecule has 4 aromatic rings. The van der Waals surface area contributed by atoms with Gasteiger partial charge in [0.15, 0.2) is 0 Å². The molecule has 0 amide bonds. The van der Waals surface area contributed by atoms with Crippen LogP contribution in [0.2, 0.25) is 13.1 Å². The molecule has 200 valence electrons. The molecular formula is C36H48SiZr. The van der Waals surface area contributed by atoms with Crippen LogP contribution in [-0.2, 0) is 26.2 Å². The molecule has 0 saturated heterocycles. The molecule has 0 N–H and O–H groups in total. The van der Waals surface area contributed by atoms with Gasteiger partial charge in [-0.25, -0.2) is 0 Å². The molecule has 2 heteroatoms. The fraction of sp³-hybridized carbons (Fsp3) is 0.500. The molecule has 2 fully saturated rings. The van der Waals surface area contributed by atoms with Crippen molar-refractivity contribution >= 4 is 31.1 Å². The van der Waals surface area contributed by atoms with Gasteiger partial charge in [-0.1, -0.05) is 95.6 Å². The summed E-state index contributed by atoms with van der Waals surface area (Å²) in [5.74, 6) is 2.26. The topological polar surface area (TPSA) is 0 Å². The summed E-state index contributed by atoms with van der Waals surface area (Å²) < 4.78 is 0. The molecule has 4 aromatic carbocycles. The van der Waals surface area contributed by atoms with E-state index in [0.29, 0.717) is 5.92 Å². The van der Waals surface area contributed by atoms with Crippen LogP contribution >= 0.6 is 0 Å². The Morgan fingerprint density at radius 2 is 1.13 bits per heavy atom. The normalized spacial score (nSPS) is 16.5. The minimum absolute atomic E-state index is 0. The third kappa shape index (κ3) is 7.91. The predicted octanol–water partition coefficient (Wildman–Crippen LogP) is 11.4. The molecule has 38 heavy (non-hydrogen) atoms. The van der Waals surface area contributed by atoms with Gasteiger partial charge in [0.2, 0.25) is 0 Å². The van der Waals surface area contributed by atoms with Gasteiger partial charge >= 0.3 is 26.2 Å². The molecule has 0 spiro atoms. The first-order valence-electron chi connectivity index (χ1n) is 15.0. The summed E-state index contributed by atoms with van der Waals surface area (Å²) in [7, 11) is 1.08. The number of rotatable bonds is 3. The predicted molar refractivity (Wildman–Crippen MR) is 167 cm³/mol. The Kier molecular flexibility index (Phi) is 12.8. The third-order valence-electron chi connectivity index (χ3n) is 8.49. The Hall–Kier alpha value is -1.24. The van der Waals surface area contributed by atoms with Crippen LogP contribution in [0.4, 0.5) is 0 Å². The van der Waals surface area contributed by atoms with Crippen molar-refractivity contribution in [3.8, 4) is 0 Å². The van der Waals surface area contributed by atoms with Crippen molar-refractivity contribution in [1.82, 2.24) is 0 Å². The molecule has 2 saturated carbocycles. The van der Waals surface area contributed by atoms with E-state index in [1.165, 1.54) is 96.9 Å². The average Bonchev–Trinajstić information content (AvgIpc) is 3.53. The summed E-state index contributed by atoms with van der Waals surface area (Å²) in [5.41, 5.74) is 6.11. The third-order valence-corrected chi connectivity index (χ3v) is 8.49. The number of benzene rings is 2. The van der Waals surface area contributed by atoms with Crippen molar-refractivity contribution in [2.24, 2.45) is 0 Å². The van der Waals surface area contributed by atoms with Crippen molar-refractivity contribution in [3.05, 3.63) is 82.9 Å². The van der Waals surface area contributed by atoms with Crippen molar-refractivity contribution in [1.29, 1.82) is 0 Å². The zero-order valence-corrected chi connectivity index (χ0v) is 28.0. The molecule has 2 aliphatic carbocycles. The summed E-state index contributed by atoms with van der Waals surface area (Å²) in [5, 5.41) is 5.90. The maximum atomic E-state index is 2.43. The Morgan fingerprint density at radius 3 is 1.61 bits per heavy atom. The van der Waals surface area contributed by atoms with Crippen LogP contribution in [0.15, 0.2) is 60.7 Å². The molecule has 0 nitrogen and oxygen atoms in total. The summed E-state index contributed by atoms with van der Waals surface area (Å²) in [4.78, 5) is 0. The van der Waals surface area contributed by atoms with Gasteiger partial charge in [-0.3, -0.25) is 0 Å². The molecule has 0 unspecified atom stereocenters. The van der Waals surface area contributed by atoms with E-state index < -0.39 is 0 Å². The zero-order valence-electron chi connectivity index (χ0n) is 24.6. The summed E-state index contributed by atoms with van der Waals surface area (Å²) in [6, 6.07) is 23.2. The Bertz CT molecular complexity index is 1230. The quantitative estimate of drug-likeness (QED) is 0.162. The van der Waals surface area contributed by atoms with Crippen LogP contribution < -0.4 is 0 Å². The van der Waals surface area contributed by atoms with E-state index in [9.17, 15) is 0 Å². The minimum Gasteiger partial charge on any atom is -0.165 e. The first-order chi connectivity index (χ1) is 18.0. The minimum atomic E-state index is 0. The first kappa shape index (κ1) is 31.3. The van der Waals surface area contributed by atoms with Crippen LogP contribution in [0.1, 0.15) is 118 Å². The molecule has 0 heterocycles. The maximum absolute atomic E-state index is 2.43. The Morgan fingerprint density at radius 1 is 0.684 bits per heavy atom. The molecule has 0 aromatic heterocycles. The molecule has 0 aliphatic heterocycles. The van der Waals surface area contributed by atoms with Crippen LogP contribution in [0.3, 0.4) is 0 Å². The smallest absolute Gasteiger partial charge is 0.165 e. The van der Waals surface area contributed by atoms with Gasteiger partial charge in [-0.2, -0.15) is 12.1 Å². The van der Waals surface area contributed by atoms with E-state index in [1.807, 2.05) is 0 Å². The maximum Gasteiger partial charge on any atom is 2.00 e. The average molecular weight is 600 g/mol. The van der Waals surface area contributed by atoms with Gasteiger partial charge < -0.3 is 0 Å². The second-order valence-electron chi connectivity index (χ2n) is 11.8. The van der Waals surface area contributed by atoms with E-state index in [1.54, 1.807) is 11.1 Å². The van der Waals surface area contributed by atoms with Crippen LogP contribution in [-0.4, -0.2) is 9.52 Å². The second kappa shape index (κ2) is 15.5. The standard InChI is InChI=1S/C18H23.C16H19.C2H6Si.Zr/c1-13(2)16-11-15-9-6-10-17(18(15)12-16)14-7-4-3-5-8-14;1-12-10-14-8-5-9-15(16(14)11-12)13-6-3-2-4-7-13;1-3-2;/h6,9-14H,3-5,7-8H2,1-2H3;5,8-11,13H,2-4,6-7H2,1H3;1-2H3;/q2*-1;;+2. The molecular weight excluding hydrogens is 552 g/mol. The van der Waals surface area contributed by atoms with E-state index in [-0.39, 0.29) is 26.2 Å². The number of aryl methyl sites for hydroxylation is 1. The van der Waals surface area contributed by atoms with Gasteiger partial charge in [0.25, 0.3) is 0 Å². The van der Waals surface area contributed by atoms with Gasteiger partial charge in [0.05, 0.1) is 0 Å². The molecule has 0 bridgehead atoms. The van der Waals surface area contributed by atoms with Gasteiger partial charge in [-0.15, -0.1) is 69.1 Å². The van der Waals surface area contributed by atoms with Gasteiger partial charge in [-0.05, 0) is 43.4 Å². The van der Waals surface area contributed by atoms with Crippen molar-refractivity contribution in [2.45, 2.75) is 116 Å². The number of hydrogen-bond acceptors (Lipinski definition) is 0. The summed E-state index contributed by atoms with van der Waals surface area (Å²) in [6.07, 6.45) is 14.1. The van der Waals surface area contributed by atoms with E-state index in [0.717, 1.165) is 21.4 Å². The first-order valence-corrected chi connectivity index (χ1v) is 17.0. The van der Waals surface area contributed by atoms with Crippen LogP contribution in [0.5, 0.6) is 0 Å². The summed E-state index contributed by atoms with van der Waals surface area (Å²) in [6.45, 7) is 11.1. The molecule has 2 aliphatic rings. The van der Waals surface area contributed by atoms with E-state index >= 15 is 0 Å². The largest absolute Gasteiger partial charge is 2.00 e. The number of hydrogen-bond donors (Lipinski definition) is 0. The Balaban J connectivity index is 0.000000188. The molecule has 6 rings (SSSR count). The fourth-order valence-corrected chi connectivity index (χ4v) is 6.56. The van der Waals surface area contributed by atoms with Crippen molar-refractivity contribution in [2.75, 3.05) is 0 Å². The Labute approximate surface area is 254 Å². The SMILES string of the molecule is CC(C)c1cc2c(C3CCCCC3)cccc2[cH-]1.C[Si]C.Cc1cc2c(C3CCCCC3)cccc2[cH-]1.[Zr+2]. The summed E-state index contributed by atoms with van der Waals surface area (Å²) >= 11 is 0. The zero-order chi connectivity index (χ0) is 26.2. The van der Waals surface area contributed by atoms with E-state index in [2.05, 4.69) is 94.5 Å². The van der Waals surface area contributed by atoms with Crippen molar-refractivity contribution in [3.63, 3.8) is 0 Å². The fourth-order valence-electron chi connectivity index (χ4n) is 6.56. The van der Waals surface area contributed by atoms with Crippen LogP contribution in [0.25, 0.3) is 21.5 Å². The molecule has 2 radical (unpaired) electrons. The monoisotopic (exact) mass is 598 g/mol. The van der Waals surface area contributed by atoms with Gasteiger partial charge in [0.1, 0.15) is 0 Å². The second-order valence-corrected chi connectivity index (χ2v) is 12.8.